The van der Waals surface area contributed by atoms with Crippen LogP contribution in [-0.4, -0.2) is 67.2 Å². The first-order valence-electron chi connectivity index (χ1n) is 9.11. The Morgan fingerprint density at radius 3 is 2.54 bits per heavy atom. The minimum Gasteiger partial charge on any atom is -0.341 e. The number of hydrogen-bond acceptors (Lipinski definition) is 4. The van der Waals surface area contributed by atoms with Crippen LogP contribution >= 0.6 is 0 Å². The van der Waals surface area contributed by atoms with E-state index in [0.717, 1.165) is 25.8 Å². The third-order valence-corrected chi connectivity index (χ3v) is 7.66. The van der Waals surface area contributed by atoms with E-state index in [1.165, 1.54) is 6.42 Å². The maximum atomic E-state index is 12.8. The van der Waals surface area contributed by atoms with E-state index in [1.807, 2.05) is 4.90 Å². The quantitative estimate of drug-likeness (QED) is 0.755. The number of carbonyl (C=O) groups excluding carboxylic acids is 2. The van der Waals surface area contributed by atoms with Gasteiger partial charge in [0.1, 0.15) is 0 Å². The maximum absolute atomic E-state index is 12.8. The van der Waals surface area contributed by atoms with Gasteiger partial charge in [0.15, 0.2) is 9.84 Å². The largest absolute Gasteiger partial charge is 0.341 e. The molecule has 0 radical (unpaired) electrons. The first kappa shape index (κ1) is 17.7. The Morgan fingerprint density at radius 2 is 1.92 bits per heavy atom. The average Bonchev–Trinajstić information content (AvgIpc) is 3.29. The molecule has 2 heterocycles. The van der Waals surface area contributed by atoms with Crippen molar-refractivity contribution in [2.75, 3.05) is 25.1 Å². The summed E-state index contributed by atoms with van der Waals surface area (Å²) < 4.78 is 23.2. The summed E-state index contributed by atoms with van der Waals surface area (Å²) in [5.74, 6) is -0.137. The van der Waals surface area contributed by atoms with Gasteiger partial charge >= 0.3 is 0 Å². The van der Waals surface area contributed by atoms with E-state index < -0.39 is 9.84 Å². The lowest BCUT2D eigenvalue weighted by Gasteiger charge is -2.35. The molecule has 4 unspecified atom stereocenters. The van der Waals surface area contributed by atoms with Gasteiger partial charge in [0, 0.05) is 25.7 Å². The van der Waals surface area contributed by atoms with Crippen molar-refractivity contribution in [1.29, 1.82) is 0 Å². The molecule has 6 nitrogen and oxygen atoms in total. The fourth-order valence-electron chi connectivity index (χ4n) is 4.19. The van der Waals surface area contributed by atoms with Gasteiger partial charge in [-0.1, -0.05) is 6.92 Å². The van der Waals surface area contributed by atoms with Gasteiger partial charge in [-0.05, 0) is 38.5 Å². The van der Waals surface area contributed by atoms with E-state index in [0.29, 0.717) is 18.9 Å². The number of nitrogens with zero attached hydrogens (tertiary/aromatic N) is 2. The van der Waals surface area contributed by atoms with Crippen LogP contribution in [0.2, 0.25) is 0 Å². The second kappa shape index (κ2) is 6.65. The second-order valence-corrected chi connectivity index (χ2v) is 9.77. The zero-order chi connectivity index (χ0) is 17.5. The Kier molecular flexibility index (Phi) is 4.91. The molecule has 3 aliphatic rings. The molecule has 136 valence electrons. The standard InChI is InChI=1S/C17H28N2O4S/c1-3-12-6-4-5-8-19(12)17(21)15-10-14(15)16(20)18(2)13-7-9-24(22,23)11-13/h12-15H,3-11H2,1-2H3. The number of sulfone groups is 1. The van der Waals surface area contributed by atoms with Crippen molar-refractivity contribution < 1.29 is 18.0 Å². The molecule has 0 aromatic carbocycles. The molecule has 3 fully saturated rings. The number of likely N-dealkylation sites (tertiary alicyclic amines) is 1. The fourth-order valence-corrected chi connectivity index (χ4v) is 5.97. The minimum atomic E-state index is -3.01. The summed E-state index contributed by atoms with van der Waals surface area (Å²) in [4.78, 5) is 28.9. The lowest BCUT2D eigenvalue weighted by molar-refractivity contribution is -0.140. The van der Waals surface area contributed by atoms with Gasteiger partial charge < -0.3 is 9.80 Å². The molecule has 0 N–H and O–H groups in total. The molecular formula is C17H28N2O4S. The summed E-state index contributed by atoms with van der Waals surface area (Å²) in [5, 5.41) is 0. The van der Waals surface area contributed by atoms with Gasteiger partial charge in [-0.3, -0.25) is 9.59 Å². The van der Waals surface area contributed by atoms with Crippen LogP contribution in [-0.2, 0) is 19.4 Å². The summed E-state index contributed by atoms with van der Waals surface area (Å²) in [7, 11) is -1.32. The van der Waals surface area contributed by atoms with Gasteiger partial charge in [-0.2, -0.15) is 0 Å². The zero-order valence-corrected chi connectivity index (χ0v) is 15.4. The summed E-state index contributed by atoms with van der Waals surface area (Å²) in [6.45, 7) is 2.92. The molecule has 0 aromatic heterocycles. The van der Waals surface area contributed by atoms with Crippen LogP contribution < -0.4 is 0 Å². The Bertz CT molecular complexity index is 618. The van der Waals surface area contributed by atoms with Crippen molar-refractivity contribution in [3.63, 3.8) is 0 Å². The predicted molar refractivity (Wildman–Crippen MR) is 91.1 cm³/mol. The van der Waals surface area contributed by atoms with E-state index >= 15 is 0 Å². The van der Waals surface area contributed by atoms with Gasteiger partial charge in [0.2, 0.25) is 11.8 Å². The summed E-state index contributed by atoms with van der Waals surface area (Å²) in [5.41, 5.74) is 0. The van der Waals surface area contributed by atoms with Crippen molar-refractivity contribution in [2.24, 2.45) is 11.8 Å². The van der Waals surface area contributed by atoms with Crippen molar-refractivity contribution in [3.8, 4) is 0 Å². The average molecular weight is 356 g/mol. The summed E-state index contributed by atoms with van der Waals surface area (Å²) >= 11 is 0. The molecular weight excluding hydrogens is 328 g/mol. The molecule has 24 heavy (non-hydrogen) atoms. The van der Waals surface area contributed by atoms with Crippen LogP contribution in [0.1, 0.15) is 45.4 Å². The monoisotopic (exact) mass is 356 g/mol. The summed E-state index contributed by atoms with van der Waals surface area (Å²) in [6.07, 6.45) is 5.39. The molecule has 1 aliphatic carbocycles. The van der Waals surface area contributed by atoms with E-state index in [1.54, 1.807) is 11.9 Å². The number of rotatable bonds is 4. The Morgan fingerprint density at radius 1 is 1.17 bits per heavy atom. The molecule has 2 aliphatic heterocycles. The van der Waals surface area contributed by atoms with Gasteiger partial charge in [-0.15, -0.1) is 0 Å². The lowest BCUT2D eigenvalue weighted by Crippen LogP contribution is -2.45. The lowest BCUT2D eigenvalue weighted by atomic mass is 9.99. The smallest absolute Gasteiger partial charge is 0.226 e. The van der Waals surface area contributed by atoms with Gasteiger partial charge in [0.25, 0.3) is 0 Å². The first-order chi connectivity index (χ1) is 11.3. The Labute approximate surface area is 144 Å². The van der Waals surface area contributed by atoms with Crippen LogP contribution in [0.3, 0.4) is 0 Å². The van der Waals surface area contributed by atoms with E-state index in [4.69, 9.17) is 0 Å². The highest BCUT2D eigenvalue weighted by molar-refractivity contribution is 7.91. The molecule has 3 rings (SSSR count). The minimum absolute atomic E-state index is 0.0551. The van der Waals surface area contributed by atoms with Crippen LogP contribution in [0.5, 0.6) is 0 Å². The van der Waals surface area contributed by atoms with E-state index in [2.05, 4.69) is 6.92 Å². The summed E-state index contributed by atoms with van der Waals surface area (Å²) in [6, 6.07) is 0.0949. The third-order valence-electron chi connectivity index (χ3n) is 5.91. The van der Waals surface area contributed by atoms with Crippen molar-refractivity contribution in [1.82, 2.24) is 9.80 Å². The normalized spacial score (nSPS) is 34.8. The highest BCUT2D eigenvalue weighted by Gasteiger charge is 2.52. The topological polar surface area (TPSA) is 74.8 Å². The maximum Gasteiger partial charge on any atom is 0.226 e. The number of piperidine rings is 1. The van der Waals surface area contributed by atoms with E-state index in [-0.39, 0.29) is 41.2 Å². The van der Waals surface area contributed by atoms with Gasteiger partial charge in [-0.25, -0.2) is 8.42 Å². The van der Waals surface area contributed by atoms with Gasteiger partial charge in [0.05, 0.1) is 23.3 Å². The molecule has 2 saturated heterocycles. The van der Waals surface area contributed by atoms with Crippen LogP contribution in [0.25, 0.3) is 0 Å². The van der Waals surface area contributed by atoms with Crippen molar-refractivity contribution in [2.45, 2.75) is 57.5 Å². The van der Waals surface area contributed by atoms with Crippen LogP contribution in [0.15, 0.2) is 0 Å². The fraction of sp³-hybridized carbons (Fsp3) is 0.882. The SMILES string of the molecule is CCC1CCCCN1C(=O)C1CC1C(=O)N(C)C1CCS(=O)(=O)C1. The zero-order valence-electron chi connectivity index (χ0n) is 14.6. The number of carbonyl (C=O) groups is 2. The molecule has 0 bridgehead atoms. The Balaban J connectivity index is 1.58. The highest BCUT2D eigenvalue weighted by atomic mass is 32.2. The molecule has 2 amide bonds. The predicted octanol–water partition coefficient (Wildman–Crippen LogP) is 1.06. The number of amides is 2. The third kappa shape index (κ3) is 3.46. The first-order valence-corrected chi connectivity index (χ1v) is 10.9. The van der Waals surface area contributed by atoms with E-state index in [9.17, 15) is 18.0 Å². The molecule has 1 saturated carbocycles. The van der Waals surface area contributed by atoms with Crippen molar-refractivity contribution in [3.05, 3.63) is 0 Å². The van der Waals surface area contributed by atoms with Crippen LogP contribution in [0, 0.1) is 11.8 Å². The molecule has 0 aromatic rings. The van der Waals surface area contributed by atoms with Crippen LogP contribution in [0.4, 0.5) is 0 Å². The Hall–Kier alpha value is -1.11. The second-order valence-electron chi connectivity index (χ2n) is 7.54. The van der Waals surface area contributed by atoms with Crippen molar-refractivity contribution >= 4 is 21.7 Å². The molecule has 0 spiro atoms. The molecule has 7 heteroatoms. The highest BCUT2D eigenvalue weighted by Crippen LogP contribution is 2.43. The molecule has 4 atom stereocenters. The number of hydrogen-bond donors (Lipinski definition) is 0.